The Morgan fingerprint density at radius 1 is 1.12 bits per heavy atom. The molecule has 3 aromatic rings. The van der Waals surface area contributed by atoms with Crippen LogP contribution in [0.15, 0.2) is 78.6 Å². The third-order valence-electron chi connectivity index (χ3n) is 5.13. The molecule has 0 saturated carbocycles. The molecule has 1 fully saturated rings. The van der Waals surface area contributed by atoms with Crippen LogP contribution in [0.1, 0.15) is 30.5 Å². The predicted octanol–water partition coefficient (Wildman–Crippen LogP) is 5.15. The summed E-state index contributed by atoms with van der Waals surface area (Å²) in [7, 11) is 0. The van der Waals surface area contributed by atoms with Gasteiger partial charge in [-0.15, -0.1) is 0 Å². The number of pyridine rings is 1. The standard InChI is InChI=1S/C25H21ClN2O4/c1-2-13-32-20-10-8-16(9-11-20)23(29)21-22(17-5-4-12-27-15-17)28(25(31)24(21)30)19-7-3-6-18(26)14-19/h3-12,14-15,22,29H,2,13H2,1H3/b23-21+. The number of carbonyl (C=O) groups excluding carboxylic acids is 2. The van der Waals surface area contributed by atoms with Crippen molar-refractivity contribution < 1.29 is 19.4 Å². The number of hydrogen-bond acceptors (Lipinski definition) is 5. The van der Waals surface area contributed by atoms with Gasteiger partial charge >= 0.3 is 0 Å². The molecule has 2 aromatic carbocycles. The molecular formula is C25H21ClN2O4. The molecule has 0 aliphatic carbocycles. The van der Waals surface area contributed by atoms with E-state index in [-0.39, 0.29) is 11.3 Å². The predicted molar refractivity (Wildman–Crippen MR) is 123 cm³/mol. The molecular weight excluding hydrogens is 428 g/mol. The van der Waals surface area contributed by atoms with Crippen molar-refractivity contribution in [3.05, 3.63) is 94.8 Å². The lowest BCUT2D eigenvalue weighted by Crippen LogP contribution is -2.29. The summed E-state index contributed by atoms with van der Waals surface area (Å²) >= 11 is 6.14. The number of ether oxygens (including phenoxy) is 1. The number of carbonyl (C=O) groups is 2. The Kier molecular flexibility index (Phi) is 6.23. The Bertz CT molecular complexity index is 1180. The number of aliphatic hydroxyl groups excluding tert-OH is 1. The van der Waals surface area contributed by atoms with Crippen molar-refractivity contribution in [2.75, 3.05) is 11.5 Å². The minimum absolute atomic E-state index is 0.00907. The molecule has 162 valence electrons. The lowest BCUT2D eigenvalue weighted by Gasteiger charge is -2.25. The van der Waals surface area contributed by atoms with Gasteiger partial charge in [-0.25, -0.2) is 0 Å². The number of rotatable bonds is 6. The van der Waals surface area contributed by atoms with E-state index in [4.69, 9.17) is 16.3 Å². The third-order valence-corrected chi connectivity index (χ3v) is 5.37. The molecule has 1 N–H and O–H groups in total. The molecule has 6 nitrogen and oxygen atoms in total. The third kappa shape index (κ3) is 4.09. The maximum absolute atomic E-state index is 13.1. The normalized spacial score (nSPS) is 17.6. The van der Waals surface area contributed by atoms with Crippen molar-refractivity contribution in [2.24, 2.45) is 0 Å². The molecule has 7 heteroatoms. The van der Waals surface area contributed by atoms with E-state index in [0.717, 1.165) is 6.42 Å². The second kappa shape index (κ2) is 9.24. The van der Waals surface area contributed by atoms with Crippen LogP contribution in [0.2, 0.25) is 5.02 Å². The van der Waals surface area contributed by atoms with Crippen molar-refractivity contribution >= 4 is 34.7 Å². The van der Waals surface area contributed by atoms with E-state index in [1.165, 1.54) is 4.90 Å². The summed E-state index contributed by atoms with van der Waals surface area (Å²) in [4.78, 5) is 31.6. The fourth-order valence-electron chi connectivity index (χ4n) is 3.66. The van der Waals surface area contributed by atoms with Crippen molar-refractivity contribution in [3.63, 3.8) is 0 Å². The Morgan fingerprint density at radius 2 is 1.91 bits per heavy atom. The van der Waals surface area contributed by atoms with E-state index < -0.39 is 17.7 Å². The highest BCUT2D eigenvalue weighted by Crippen LogP contribution is 2.42. The zero-order valence-electron chi connectivity index (χ0n) is 17.4. The molecule has 1 unspecified atom stereocenters. The van der Waals surface area contributed by atoms with E-state index in [1.54, 1.807) is 73.1 Å². The molecule has 1 amide bonds. The molecule has 0 spiro atoms. The summed E-state index contributed by atoms with van der Waals surface area (Å²) in [5.41, 5.74) is 1.45. The van der Waals surface area contributed by atoms with Crippen LogP contribution >= 0.6 is 11.6 Å². The monoisotopic (exact) mass is 448 g/mol. The summed E-state index contributed by atoms with van der Waals surface area (Å²) in [6.07, 6.45) is 4.05. The second-order valence-corrected chi connectivity index (χ2v) is 7.74. The summed E-state index contributed by atoms with van der Waals surface area (Å²) in [5.74, 6) is -1.12. The molecule has 1 atom stereocenters. The maximum atomic E-state index is 13.1. The van der Waals surface area contributed by atoms with Gasteiger partial charge in [-0.1, -0.05) is 30.7 Å². The van der Waals surface area contributed by atoms with Gasteiger partial charge in [0.1, 0.15) is 11.5 Å². The van der Waals surface area contributed by atoms with E-state index in [2.05, 4.69) is 4.98 Å². The van der Waals surface area contributed by atoms with Gasteiger partial charge in [-0.3, -0.25) is 19.5 Å². The van der Waals surface area contributed by atoms with Crippen LogP contribution in [0, 0.1) is 0 Å². The largest absolute Gasteiger partial charge is 0.507 e. The van der Waals surface area contributed by atoms with Gasteiger partial charge in [0.05, 0.1) is 18.2 Å². The SMILES string of the molecule is CCCOc1ccc(/C(O)=C2\C(=O)C(=O)N(c3cccc(Cl)c3)C2c2cccnc2)cc1. The quantitative estimate of drug-likeness (QED) is 0.320. The first-order valence-corrected chi connectivity index (χ1v) is 10.6. The van der Waals surface area contributed by atoms with Crippen LogP contribution in [0.25, 0.3) is 5.76 Å². The first-order chi connectivity index (χ1) is 15.5. The summed E-state index contributed by atoms with van der Waals surface area (Å²) in [5, 5.41) is 11.5. The van der Waals surface area contributed by atoms with Crippen LogP contribution in [-0.2, 0) is 9.59 Å². The van der Waals surface area contributed by atoms with E-state index in [9.17, 15) is 14.7 Å². The molecule has 0 radical (unpaired) electrons. The number of halogens is 1. The fourth-order valence-corrected chi connectivity index (χ4v) is 3.85. The molecule has 0 bridgehead atoms. The van der Waals surface area contributed by atoms with Gasteiger partial charge in [0, 0.05) is 28.7 Å². The van der Waals surface area contributed by atoms with Crippen LogP contribution in [0.5, 0.6) is 5.75 Å². The number of aliphatic hydroxyl groups is 1. The number of anilines is 1. The number of amides is 1. The van der Waals surface area contributed by atoms with Crippen molar-refractivity contribution in [2.45, 2.75) is 19.4 Å². The van der Waals surface area contributed by atoms with E-state index in [1.807, 2.05) is 6.92 Å². The topological polar surface area (TPSA) is 79.7 Å². The minimum Gasteiger partial charge on any atom is -0.507 e. The molecule has 1 aliphatic heterocycles. The number of hydrogen-bond donors (Lipinski definition) is 1. The van der Waals surface area contributed by atoms with Crippen molar-refractivity contribution in [3.8, 4) is 5.75 Å². The van der Waals surface area contributed by atoms with Crippen LogP contribution < -0.4 is 9.64 Å². The van der Waals surface area contributed by atoms with Gasteiger partial charge in [0.25, 0.3) is 11.7 Å². The zero-order valence-corrected chi connectivity index (χ0v) is 18.1. The van der Waals surface area contributed by atoms with Gasteiger partial charge in [-0.05, 0) is 60.5 Å². The lowest BCUT2D eigenvalue weighted by molar-refractivity contribution is -0.132. The number of ketones is 1. The Balaban J connectivity index is 1.84. The molecule has 4 rings (SSSR count). The number of aromatic nitrogens is 1. The van der Waals surface area contributed by atoms with Gasteiger partial charge in [0.2, 0.25) is 0 Å². The van der Waals surface area contributed by atoms with Crippen LogP contribution in [0.4, 0.5) is 5.69 Å². The Labute approximate surface area is 190 Å². The highest BCUT2D eigenvalue weighted by molar-refractivity contribution is 6.51. The molecule has 1 aliphatic rings. The average molecular weight is 449 g/mol. The maximum Gasteiger partial charge on any atom is 0.300 e. The molecule has 2 heterocycles. The van der Waals surface area contributed by atoms with Crippen LogP contribution in [-0.4, -0.2) is 28.4 Å². The number of nitrogens with zero attached hydrogens (tertiary/aromatic N) is 2. The van der Waals surface area contributed by atoms with Crippen LogP contribution in [0.3, 0.4) is 0 Å². The first kappa shape index (κ1) is 21.6. The van der Waals surface area contributed by atoms with Crippen molar-refractivity contribution in [1.82, 2.24) is 4.98 Å². The number of Topliss-reactive ketones (excluding diaryl/α,β-unsaturated/α-hetero) is 1. The van der Waals surface area contributed by atoms with E-state index in [0.29, 0.717) is 34.2 Å². The smallest absolute Gasteiger partial charge is 0.300 e. The average Bonchev–Trinajstić information content (AvgIpc) is 3.08. The Hall–Kier alpha value is -3.64. The lowest BCUT2D eigenvalue weighted by atomic mass is 9.96. The second-order valence-electron chi connectivity index (χ2n) is 7.31. The molecule has 32 heavy (non-hydrogen) atoms. The van der Waals surface area contributed by atoms with Gasteiger partial charge in [0.15, 0.2) is 0 Å². The highest BCUT2D eigenvalue weighted by atomic mass is 35.5. The summed E-state index contributed by atoms with van der Waals surface area (Å²) < 4.78 is 5.58. The summed E-state index contributed by atoms with van der Waals surface area (Å²) in [6, 6.07) is 16.1. The molecule has 1 saturated heterocycles. The number of benzene rings is 2. The first-order valence-electron chi connectivity index (χ1n) is 10.2. The van der Waals surface area contributed by atoms with Gasteiger partial charge in [-0.2, -0.15) is 0 Å². The molecule has 1 aromatic heterocycles. The summed E-state index contributed by atoms with van der Waals surface area (Å²) in [6.45, 7) is 2.59. The zero-order chi connectivity index (χ0) is 22.7. The van der Waals surface area contributed by atoms with Crippen molar-refractivity contribution in [1.29, 1.82) is 0 Å². The fraction of sp³-hybridized carbons (Fsp3) is 0.160. The van der Waals surface area contributed by atoms with E-state index >= 15 is 0 Å². The minimum atomic E-state index is -0.849. The Morgan fingerprint density at radius 3 is 2.56 bits per heavy atom. The highest BCUT2D eigenvalue weighted by Gasteiger charge is 2.47. The van der Waals surface area contributed by atoms with Gasteiger partial charge < -0.3 is 9.84 Å².